The largest absolute Gasteiger partial charge is 0.490 e. The molecule has 1 aliphatic heterocycles. The van der Waals surface area contributed by atoms with Crippen LogP contribution in [0.1, 0.15) is 12.2 Å². The van der Waals surface area contributed by atoms with Crippen molar-refractivity contribution >= 4 is 0 Å². The standard InChI is InChI=1S/C14H17N3O3/c18-4-2-12-6-14(17-20-12)10-5-13(8-15-7-10)19-9-11-1-3-16-11/h5-8,11,16,18H,1-4,9H2/t11-/m0/s1. The lowest BCUT2D eigenvalue weighted by atomic mass is 10.1. The average molecular weight is 275 g/mol. The molecule has 0 aromatic carbocycles. The Morgan fingerprint density at radius 2 is 2.30 bits per heavy atom. The van der Waals surface area contributed by atoms with Crippen LogP contribution < -0.4 is 10.1 Å². The van der Waals surface area contributed by atoms with Crippen LogP contribution in [-0.4, -0.2) is 41.0 Å². The van der Waals surface area contributed by atoms with E-state index in [1.165, 1.54) is 0 Å². The van der Waals surface area contributed by atoms with Gasteiger partial charge in [-0.15, -0.1) is 0 Å². The highest BCUT2D eigenvalue weighted by Gasteiger charge is 2.17. The summed E-state index contributed by atoms with van der Waals surface area (Å²) in [6.07, 6.45) is 5.02. The van der Waals surface area contributed by atoms with Gasteiger partial charge in [0, 0.05) is 30.3 Å². The minimum Gasteiger partial charge on any atom is -0.490 e. The Bertz CT molecular complexity index is 566. The number of pyridine rings is 1. The van der Waals surface area contributed by atoms with E-state index in [9.17, 15) is 0 Å². The van der Waals surface area contributed by atoms with Crippen molar-refractivity contribution in [2.24, 2.45) is 0 Å². The lowest BCUT2D eigenvalue weighted by Crippen LogP contribution is -2.46. The van der Waals surface area contributed by atoms with Crippen molar-refractivity contribution < 1.29 is 14.4 Å². The van der Waals surface area contributed by atoms with Crippen LogP contribution in [0.3, 0.4) is 0 Å². The molecule has 3 rings (SSSR count). The van der Waals surface area contributed by atoms with E-state index in [0.29, 0.717) is 30.5 Å². The van der Waals surface area contributed by atoms with Crippen LogP contribution in [0.4, 0.5) is 0 Å². The van der Waals surface area contributed by atoms with Crippen molar-refractivity contribution in [1.82, 2.24) is 15.5 Å². The average Bonchev–Trinajstić information content (AvgIpc) is 2.86. The highest BCUT2D eigenvalue weighted by Crippen LogP contribution is 2.23. The summed E-state index contributed by atoms with van der Waals surface area (Å²) < 4.78 is 10.8. The summed E-state index contributed by atoms with van der Waals surface area (Å²) >= 11 is 0. The van der Waals surface area contributed by atoms with Crippen LogP contribution >= 0.6 is 0 Å². The number of rotatable bonds is 6. The number of nitrogens with zero attached hydrogens (tertiary/aromatic N) is 2. The topological polar surface area (TPSA) is 80.4 Å². The van der Waals surface area contributed by atoms with Gasteiger partial charge >= 0.3 is 0 Å². The molecular weight excluding hydrogens is 258 g/mol. The fourth-order valence-corrected chi connectivity index (χ4v) is 2.00. The van der Waals surface area contributed by atoms with Gasteiger partial charge in [-0.2, -0.15) is 0 Å². The van der Waals surface area contributed by atoms with Gasteiger partial charge in [0.05, 0.1) is 12.8 Å². The first kappa shape index (κ1) is 13.1. The highest BCUT2D eigenvalue weighted by atomic mass is 16.5. The molecule has 0 radical (unpaired) electrons. The van der Waals surface area contributed by atoms with Crippen molar-refractivity contribution in [3.05, 3.63) is 30.3 Å². The Hall–Kier alpha value is -1.92. The molecule has 1 aliphatic rings. The molecule has 6 heteroatoms. The molecule has 0 spiro atoms. The van der Waals surface area contributed by atoms with E-state index < -0.39 is 0 Å². The zero-order valence-corrected chi connectivity index (χ0v) is 11.1. The summed E-state index contributed by atoms with van der Waals surface area (Å²) in [5.41, 5.74) is 1.55. The van der Waals surface area contributed by atoms with Crippen molar-refractivity contribution in [1.29, 1.82) is 0 Å². The maximum Gasteiger partial charge on any atom is 0.139 e. The fraction of sp³-hybridized carbons (Fsp3) is 0.429. The molecule has 0 unspecified atom stereocenters. The van der Waals surface area contributed by atoms with Crippen molar-refractivity contribution in [2.75, 3.05) is 19.8 Å². The summed E-state index contributed by atoms with van der Waals surface area (Å²) in [4.78, 5) is 4.16. The second-order valence-electron chi connectivity index (χ2n) is 4.81. The van der Waals surface area contributed by atoms with Gasteiger partial charge in [-0.1, -0.05) is 5.16 Å². The molecule has 1 fully saturated rings. The SMILES string of the molecule is OCCc1cc(-c2cncc(OC[C@@H]3CCN3)c2)no1. The number of hydrogen-bond acceptors (Lipinski definition) is 6. The first-order valence-electron chi connectivity index (χ1n) is 6.73. The monoisotopic (exact) mass is 275 g/mol. The number of nitrogens with one attached hydrogen (secondary N) is 1. The van der Waals surface area contributed by atoms with Gasteiger partial charge in [-0.3, -0.25) is 4.98 Å². The molecule has 1 saturated heterocycles. The second kappa shape index (κ2) is 6.02. The molecule has 0 aliphatic carbocycles. The van der Waals surface area contributed by atoms with Gasteiger partial charge in [0.2, 0.25) is 0 Å². The zero-order chi connectivity index (χ0) is 13.8. The number of ether oxygens (including phenoxy) is 1. The van der Waals surface area contributed by atoms with E-state index in [-0.39, 0.29) is 6.61 Å². The van der Waals surface area contributed by atoms with Crippen LogP contribution in [0.5, 0.6) is 5.75 Å². The van der Waals surface area contributed by atoms with Crippen molar-refractivity contribution in [3.8, 4) is 17.0 Å². The summed E-state index contributed by atoms with van der Waals surface area (Å²) in [5, 5.41) is 16.1. The maximum absolute atomic E-state index is 8.87. The van der Waals surface area contributed by atoms with Crippen LogP contribution in [-0.2, 0) is 6.42 Å². The molecular formula is C14H17N3O3. The normalized spacial score (nSPS) is 17.8. The van der Waals surface area contributed by atoms with E-state index in [1.54, 1.807) is 12.4 Å². The second-order valence-corrected chi connectivity index (χ2v) is 4.81. The molecule has 2 N–H and O–H groups in total. The number of aliphatic hydroxyl groups excluding tert-OH is 1. The third-order valence-corrected chi connectivity index (χ3v) is 3.30. The zero-order valence-electron chi connectivity index (χ0n) is 11.1. The maximum atomic E-state index is 8.87. The number of hydrogen-bond donors (Lipinski definition) is 2. The molecule has 0 saturated carbocycles. The van der Waals surface area contributed by atoms with Crippen LogP contribution in [0.15, 0.2) is 29.0 Å². The third-order valence-electron chi connectivity index (χ3n) is 3.30. The molecule has 2 aromatic rings. The van der Waals surface area contributed by atoms with Gasteiger partial charge in [-0.25, -0.2) is 0 Å². The molecule has 6 nitrogen and oxygen atoms in total. The first-order chi connectivity index (χ1) is 9.85. The molecule has 0 bridgehead atoms. The fourth-order valence-electron chi connectivity index (χ4n) is 2.00. The summed E-state index contributed by atoms with van der Waals surface area (Å²) in [6.45, 7) is 1.77. The van der Waals surface area contributed by atoms with E-state index in [0.717, 1.165) is 24.3 Å². The molecule has 20 heavy (non-hydrogen) atoms. The van der Waals surface area contributed by atoms with Crippen molar-refractivity contribution in [2.45, 2.75) is 18.9 Å². The molecule has 0 amide bonds. The van der Waals surface area contributed by atoms with E-state index >= 15 is 0 Å². The van der Waals surface area contributed by atoms with Crippen LogP contribution in [0, 0.1) is 0 Å². The molecule has 2 aromatic heterocycles. The summed E-state index contributed by atoms with van der Waals surface area (Å²) in [5.74, 6) is 1.38. The molecule has 3 heterocycles. The molecule has 1 atom stereocenters. The Morgan fingerprint density at radius 3 is 3.05 bits per heavy atom. The first-order valence-corrected chi connectivity index (χ1v) is 6.73. The summed E-state index contributed by atoms with van der Waals surface area (Å²) in [7, 11) is 0. The van der Waals surface area contributed by atoms with Gasteiger partial charge in [-0.05, 0) is 19.0 Å². The minimum atomic E-state index is 0.0461. The Kier molecular flexibility index (Phi) is 3.94. The lowest BCUT2D eigenvalue weighted by Gasteiger charge is -2.27. The Balaban J connectivity index is 1.68. The lowest BCUT2D eigenvalue weighted by molar-refractivity contribution is 0.217. The van der Waals surface area contributed by atoms with Crippen LogP contribution in [0.2, 0.25) is 0 Å². The Morgan fingerprint density at radius 1 is 1.40 bits per heavy atom. The van der Waals surface area contributed by atoms with Gasteiger partial charge in [0.15, 0.2) is 0 Å². The smallest absolute Gasteiger partial charge is 0.139 e. The van der Waals surface area contributed by atoms with Gasteiger partial charge in [0.25, 0.3) is 0 Å². The molecule has 106 valence electrons. The number of aromatic nitrogens is 2. The quantitative estimate of drug-likeness (QED) is 0.819. The predicted molar refractivity (Wildman–Crippen MR) is 72.4 cm³/mol. The predicted octanol–water partition coefficient (Wildman–Crippen LogP) is 1.01. The van der Waals surface area contributed by atoms with E-state index in [4.69, 9.17) is 14.4 Å². The highest BCUT2D eigenvalue weighted by molar-refractivity contribution is 5.59. The minimum absolute atomic E-state index is 0.0461. The van der Waals surface area contributed by atoms with Gasteiger partial charge < -0.3 is 19.7 Å². The van der Waals surface area contributed by atoms with Crippen LogP contribution in [0.25, 0.3) is 11.3 Å². The Labute approximate surface area is 116 Å². The summed E-state index contributed by atoms with van der Waals surface area (Å²) in [6, 6.07) is 4.15. The van der Waals surface area contributed by atoms with E-state index in [2.05, 4.69) is 15.5 Å². The number of aliphatic hydroxyl groups is 1. The van der Waals surface area contributed by atoms with Gasteiger partial charge in [0.1, 0.15) is 23.8 Å². The van der Waals surface area contributed by atoms with Crippen molar-refractivity contribution in [3.63, 3.8) is 0 Å². The third kappa shape index (κ3) is 2.97. The van der Waals surface area contributed by atoms with E-state index in [1.807, 2.05) is 12.1 Å².